The Morgan fingerprint density at radius 1 is 1.04 bits per heavy atom. The molecule has 0 saturated heterocycles. The van der Waals surface area contributed by atoms with Gasteiger partial charge < -0.3 is 19.9 Å². The minimum atomic E-state index is -0.884. The summed E-state index contributed by atoms with van der Waals surface area (Å²) in [4.78, 5) is 23.4. The van der Waals surface area contributed by atoms with E-state index in [1.807, 2.05) is 30.3 Å². The highest BCUT2D eigenvalue weighted by Crippen LogP contribution is 2.18. The van der Waals surface area contributed by atoms with Crippen LogP contribution in [0.1, 0.15) is 25.3 Å². The van der Waals surface area contributed by atoms with E-state index < -0.39 is 12.1 Å². The molecule has 2 N–H and O–H groups in total. The summed E-state index contributed by atoms with van der Waals surface area (Å²) in [5.74, 6) is 0.0987. The Bertz CT molecular complexity index is 730. The summed E-state index contributed by atoms with van der Waals surface area (Å²) in [5.41, 5.74) is 1.04. The van der Waals surface area contributed by atoms with Crippen molar-refractivity contribution in [3.8, 4) is 11.5 Å². The van der Waals surface area contributed by atoms with Crippen molar-refractivity contribution in [2.24, 2.45) is 0 Å². The van der Waals surface area contributed by atoms with Crippen molar-refractivity contribution >= 4 is 11.9 Å². The highest BCUT2D eigenvalue weighted by Gasteiger charge is 2.20. The molecule has 2 aromatic carbocycles. The van der Waals surface area contributed by atoms with E-state index in [4.69, 9.17) is 14.6 Å². The Morgan fingerprint density at radius 3 is 2.26 bits per heavy atom. The van der Waals surface area contributed by atoms with E-state index in [9.17, 15) is 9.59 Å². The number of carbonyl (C=O) groups is 2. The molecule has 6 heteroatoms. The van der Waals surface area contributed by atoms with E-state index in [1.54, 1.807) is 38.3 Å². The standard InChI is InChI=1S/C21H25NO5/c1-15(27-19-11-9-18(26-2)10-12-19)21(25)22-17(8-13-20(23)24)14-16-6-4-3-5-7-16/h3-7,9-12,15,17H,8,13-14H2,1-2H3,(H,22,25)(H,23,24). The van der Waals surface area contributed by atoms with Crippen molar-refractivity contribution in [3.05, 3.63) is 60.2 Å². The summed E-state index contributed by atoms with van der Waals surface area (Å²) in [5, 5.41) is 11.9. The topological polar surface area (TPSA) is 84.9 Å². The molecule has 0 spiro atoms. The number of rotatable bonds is 10. The van der Waals surface area contributed by atoms with Crippen LogP contribution in [0.25, 0.3) is 0 Å². The first-order valence-electron chi connectivity index (χ1n) is 8.84. The number of aliphatic carboxylic acids is 1. The Balaban J connectivity index is 1.96. The molecule has 0 fully saturated rings. The average molecular weight is 371 g/mol. The fourth-order valence-corrected chi connectivity index (χ4v) is 2.65. The van der Waals surface area contributed by atoms with Crippen LogP contribution in [0.5, 0.6) is 11.5 Å². The Morgan fingerprint density at radius 2 is 1.67 bits per heavy atom. The van der Waals surface area contributed by atoms with Gasteiger partial charge in [0.1, 0.15) is 11.5 Å². The van der Waals surface area contributed by atoms with Gasteiger partial charge in [0.25, 0.3) is 5.91 Å². The zero-order valence-electron chi connectivity index (χ0n) is 15.6. The normalized spacial score (nSPS) is 12.7. The zero-order valence-corrected chi connectivity index (χ0v) is 15.6. The van der Waals surface area contributed by atoms with Gasteiger partial charge in [0.15, 0.2) is 6.10 Å². The summed E-state index contributed by atoms with van der Waals surface area (Å²) < 4.78 is 10.8. The van der Waals surface area contributed by atoms with Crippen molar-refractivity contribution in [2.45, 2.75) is 38.3 Å². The van der Waals surface area contributed by atoms with Gasteiger partial charge in [-0.25, -0.2) is 0 Å². The maximum absolute atomic E-state index is 12.5. The van der Waals surface area contributed by atoms with E-state index in [2.05, 4.69) is 5.32 Å². The van der Waals surface area contributed by atoms with Crippen LogP contribution in [0.3, 0.4) is 0 Å². The fourth-order valence-electron chi connectivity index (χ4n) is 2.65. The third-order valence-corrected chi connectivity index (χ3v) is 4.12. The third kappa shape index (κ3) is 7.01. The minimum absolute atomic E-state index is 0.00843. The van der Waals surface area contributed by atoms with Gasteiger partial charge in [-0.3, -0.25) is 9.59 Å². The first kappa shape index (κ1) is 20.3. The molecule has 0 bridgehead atoms. The molecule has 2 rings (SSSR count). The maximum Gasteiger partial charge on any atom is 0.303 e. The van der Waals surface area contributed by atoms with Crippen LogP contribution in [0.15, 0.2) is 54.6 Å². The second-order valence-electron chi connectivity index (χ2n) is 6.26. The number of hydrogen-bond donors (Lipinski definition) is 2. The Kier molecular flexibility index (Phi) is 7.67. The Hall–Kier alpha value is -3.02. The van der Waals surface area contributed by atoms with Gasteiger partial charge in [0.05, 0.1) is 7.11 Å². The van der Waals surface area contributed by atoms with Gasteiger partial charge in [-0.05, 0) is 49.6 Å². The molecule has 2 atom stereocenters. The van der Waals surface area contributed by atoms with Gasteiger partial charge in [0, 0.05) is 12.5 Å². The van der Waals surface area contributed by atoms with Crippen molar-refractivity contribution < 1.29 is 24.2 Å². The number of carboxylic acid groups (broad SMARTS) is 1. The van der Waals surface area contributed by atoms with Crippen LogP contribution in [0.2, 0.25) is 0 Å². The molecule has 144 valence electrons. The SMILES string of the molecule is COc1ccc(OC(C)C(=O)NC(CCC(=O)O)Cc2ccccc2)cc1. The number of methoxy groups -OCH3 is 1. The predicted molar refractivity (Wildman–Crippen MR) is 102 cm³/mol. The molecule has 0 aliphatic heterocycles. The molecule has 6 nitrogen and oxygen atoms in total. The summed E-state index contributed by atoms with van der Waals surface area (Å²) in [6.45, 7) is 1.66. The van der Waals surface area contributed by atoms with E-state index >= 15 is 0 Å². The number of benzene rings is 2. The second-order valence-corrected chi connectivity index (χ2v) is 6.26. The monoisotopic (exact) mass is 371 g/mol. The van der Waals surface area contributed by atoms with E-state index in [0.717, 1.165) is 5.56 Å². The maximum atomic E-state index is 12.5. The predicted octanol–water partition coefficient (Wildman–Crippen LogP) is 3.05. The van der Waals surface area contributed by atoms with Gasteiger partial charge in [-0.2, -0.15) is 0 Å². The van der Waals surface area contributed by atoms with Crippen molar-refractivity contribution in [1.82, 2.24) is 5.32 Å². The fraction of sp³-hybridized carbons (Fsp3) is 0.333. The molecule has 0 aromatic heterocycles. The first-order chi connectivity index (χ1) is 13.0. The van der Waals surface area contributed by atoms with Gasteiger partial charge in [-0.1, -0.05) is 30.3 Å². The highest BCUT2D eigenvalue weighted by atomic mass is 16.5. The van der Waals surface area contributed by atoms with Crippen molar-refractivity contribution in [3.63, 3.8) is 0 Å². The van der Waals surface area contributed by atoms with Gasteiger partial charge in [0.2, 0.25) is 0 Å². The van der Waals surface area contributed by atoms with E-state index in [0.29, 0.717) is 24.3 Å². The van der Waals surface area contributed by atoms with Gasteiger partial charge in [-0.15, -0.1) is 0 Å². The minimum Gasteiger partial charge on any atom is -0.497 e. The molecular weight excluding hydrogens is 346 g/mol. The molecule has 0 aliphatic rings. The highest BCUT2D eigenvalue weighted by molar-refractivity contribution is 5.81. The van der Waals surface area contributed by atoms with Crippen LogP contribution in [0.4, 0.5) is 0 Å². The molecule has 0 radical (unpaired) electrons. The van der Waals surface area contributed by atoms with E-state index in [1.165, 1.54) is 0 Å². The smallest absolute Gasteiger partial charge is 0.303 e. The number of carbonyl (C=O) groups excluding carboxylic acids is 1. The molecule has 27 heavy (non-hydrogen) atoms. The second kappa shape index (κ2) is 10.2. The summed E-state index contributed by atoms with van der Waals surface area (Å²) in [6, 6.07) is 16.4. The van der Waals surface area contributed by atoms with Crippen LogP contribution >= 0.6 is 0 Å². The van der Waals surface area contributed by atoms with Crippen molar-refractivity contribution in [2.75, 3.05) is 7.11 Å². The third-order valence-electron chi connectivity index (χ3n) is 4.12. The van der Waals surface area contributed by atoms with Crippen molar-refractivity contribution in [1.29, 1.82) is 0 Å². The number of hydrogen-bond acceptors (Lipinski definition) is 4. The summed E-state index contributed by atoms with van der Waals surface area (Å²) in [7, 11) is 1.58. The van der Waals surface area contributed by atoms with Crippen LogP contribution < -0.4 is 14.8 Å². The quantitative estimate of drug-likeness (QED) is 0.670. The molecule has 2 unspecified atom stereocenters. The average Bonchev–Trinajstić information content (AvgIpc) is 2.67. The lowest BCUT2D eigenvalue weighted by Gasteiger charge is -2.21. The lowest BCUT2D eigenvalue weighted by Crippen LogP contribution is -2.43. The Labute approximate surface area is 159 Å². The lowest BCUT2D eigenvalue weighted by atomic mass is 10.0. The number of ether oxygens (including phenoxy) is 2. The largest absolute Gasteiger partial charge is 0.497 e. The molecule has 1 amide bonds. The number of carboxylic acids is 1. The molecule has 0 heterocycles. The molecular formula is C21H25NO5. The van der Waals surface area contributed by atoms with Gasteiger partial charge >= 0.3 is 5.97 Å². The van der Waals surface area contributed by atoms with Crippen LogP contribution in [-0.2, 0) is 16.0 Å². The summed E-state index contributed by atoms with van der Waals surface area (Å²) in [6.07, 6.45) is 0.202. The number of amides is 1. The lowest BCUT2D eigenvalue weighted by molar-refractivity contribution is -0.137. The van der Waals surface area contributed by atoms with Crippen LogP contribution in [-0.4, -0.2) is 36.2 Å². The summed E-state index contributed by atoms with van der Waals surface area (Å²) >= 11 is 0. The molecule has 0 aliphatic carbocycles. The zero-order chi connectivity index (χ0) is 19.6. The molecule has 0 saturated carbocycles. The van der Waals surface area contributed by atoms with E-state index in [-0.39, 0.29) is 18.4 Å². The number of nitrogens with one attached hydrogen (secondary N) is 1. The van der Waals surface area contributed by atoms with Crippen LogP contribution in [0, 0.1) is 0 Å². The molecule has 2 aromatic rings. The first-order valence-corrected chi connectivity index (χ1v) is 8.84.